The molecule has 9 heteroatoms. The summed E-state index contributed by atoms with van der Waals surface area (Å²) in [7, 11) is 3.46. The number of hydrazine groups is 1. The molecule has 4 N–H and O–H groups in total. The van der Waals surface area contributed by atoms with Gasteiger partial charge in [0.1, 0.15) is 5.76 Å². The number of carboxylic acid groups (broad SMARTS) is 1. The van der Waals surface area contributed by atoms with E-state index in [9.17, 15) is 4.79 Å². The van der Waals surface area contributed by atoms with Crippen molar-refractivity contribution in [2.75, 3.05) is 19.5 Å². The van der Waals surface area contributed by atoms with Gasteiger partial charge >= 0.3 is 5.97 Å². The lowest BCUT2D eigenvalue weighted by molar-refractivity contribution is -0.142. The third-order valence-corrected chi connectivity index (χ3v) is 5.63. The Balaban J connectivity index is 0. The molecule has 0 saturated heterocycles. The summed E-state index contributed by atoms with van der Waals surface area (Å²) in [6.07, 6.45) is 13.2. The van der Waals surface area contributed by atoms with Crippen LogP contribution in [0.15, 0.2) is 59.4 Å². The molecule has 0 radical (unpaired) electrons. The van der Waals surface area contributed by atoms with Crippen LogP contribution < -0.4 is 20.9 Å². The minimum absolute atomic E-state index is 0.0289. The lowest BCUT2D eigenvalue weighted by atomic mass is 9.90. The van der Waals surface area contributed by atoms with Crippen molar-refractivity contribution in [3.63, 3.8) is 0 Å². The second-order valence-electron chi connectivity index (χ2n) is 9.15. The maximum Gasteiger partial charge on any atom is 0.306 e. The first-order valence-electron chi connectivity index (χ1n) is 14.9. The van der Waals surface area contributed by atoms with Gasteiger partial charge in [-0.05, 0) is 64.2 Å². The zero-order chi connectivity index (χ0) is 31.8. The second-order valence-corrected chi connectivity index (χ2v) is 9.15. The maximum atomic E-state index is 10.4. The molecule has 0 unspecified atom stereocenters. The molecule has 234 valence electrons. The Kier molecular flexibility index (Phi) is 23.8. The van der Waals surface area contributed by atoms with Crippen molar-refractivity contribution in [3.05, 3.63) is 59.4 Å². The number of carbonyl (C=O) groups is 1. The zero-order valence-electron chi connectivity index (χ0n) is 27.5. The molecule has 0 aliphatic heterocycles. The number of nitrogens with one attached hydrogen (secondary N) is 3. The second kappa shape index (κ2) is 24.5. The molecular weight excluding hydrogens is 518 g/mol. The van der Waals surface area contributed by atoms with Crippen molar-refractivity contribution in [2.24, 2.45) is 5.92 Å². The van der Waals surface area contributed by atoms with E-state index in [-0.39, 0.29) is 12.0 Å². The standard InChI is InChI=1S/C21H33N5O2.C7H12O2.2C2H6/c1-9-17(24-19-12-23-13-20(25-19)28-15(4)5)21(26-22-7)16(6)10-11-18(27-8)14(2)3;8-7(9)6-4-2-1-3-5-6;2*1-2/h10-13,15,22,26H,2,9H2,1,3-8H3,(H,24,25);6H,1-5H2,(H,8,9);2*1-2H3/b16-10+,18-11+,21-17+;;;. The van der Waals surface area contributed by atoms with Crippen LogP contribution in [-0.2, 0) is 9.53 Å². The van der Waals surface area contributed by atoms with Gasteiger partial charge in [-0.1, -0.05) is 66.5 Å². The van der Waals surface area contributed by atoms with Gasteiger partial charge in [0.25, 0.3) is 0 Å². The van der Waals surface area contributed by atoms with Crippen LogP contribution >= 0.6 is 0 Å². The number of ether oxygens (including phenoxy) is 2. The molecule has 0 atom stereocenters. The van der Waals surface area contributed by atoms with Crippen LogP contribution in [0.4, 0.5) is 5.82 Å². The van der Waals surface area contributed by atoms with Crippen LogP contribution in [0.5, 0.6) is 5.88 Å². The van der Waals surface area contributed by atoms with Crippen LogP contribution in [0.2, 0.25) is 0 Å². The van der Waals surface area contributed by atoms with E-state index in [0.29, 0.717) is 11.7 Å². The van der Waals surface area contributed by atoms with Crippen LogP contribution in [-0.4, -0.2) is 41.3 Å². The summed E-state index contributed by atoms with van der Waals surface area (Å²) in [5.41, 5.74) is 9.94. The first kappa shape index (κ1) is 39.8. The number of rotatable bonds is 12. The number of aliphatic carboxylic acids is 1. The predicted molar refractivity (Wildman–Crippen MR) is 172 cm³/mol. The number of methoxy groups -OCH3 is 1. The molecule has 0 aromatic carbocycles. The number of hydrogen-bond donors (Lipinski definition) is 4. The lowest BCUT2D eigenvalue weighted by Crippen LogP contribution is -2.29. The van der Waals surface area contributed by atoms with Crippen molar-refractivity contribution in [2.45, 2.75) is 107 Å². The largest absolute Gasteiger partial charge is 0.497 e. The van der Waals surface area contributed by atoms with Crippen molar-refractivity contribution in [3.8, 4) is 5.88 Å². The van der Waals surface area contributed by atoms with E-state index < -0.39 is 5.97 Å². The van der Waals surface area contributed by atoms with Crippen molar-refractivity contribution >= 4 is 11.8 Å². The fraction of sp³-hybridized carbons (Fsp3) is 0.594. The summed E-state index contributed by atoms with van der Waals surface area (Å²) in [6.45, 7) is 21.8. The van der Waals surface area contributed by atoms with E-state index in [0.717, 1.165) is 60.4 Å². The fourth-order valence-electron chi connectivity index (χ4n) is 3.74. The van der Waals surface area contributed by atoms with Gasteiger partial charge in [0.2, 0.25) is 5.88 Å². The highest BCUT2D eigenvalue weighted by atomic mass is 16.5. The molecule has 2 rings (SSSR count). The van der Waals surface area contributed by atoms with E-state index in [1.165, 1.54) is 6.42 Å². The van der Waals surface area contributed by atoms with Crippen LogP contribution in [0.3, 0.4) is 0 Å². The van der Waals surface area contributed by atoms with Gasteiger partial charge in [-0.15, -0.1) is 0 Å². The zero-order valence-corrected chi connectivity index (χ0v) is 27.5. The molecule has 0 bridgehead atoms. The fourth-order valence-corrected chi connectivity index (χ4v) is 3.74. The Labute approximate surface area is 249 Å². The molecule has 1 saturated carbocycles. The summed E-state index contributed by atoms with van der Waals surface area (Å²) in [6, 6.07) is 0. The molecule has 0 amide bonds. The molecule has 1 aliphatic carbocycles. The van der Waals surface area contributed by atoms with Crippen molar-refractivity contribution in [1.29, 1.82) is 0 Å². The average Bonchev–Trinajstić information content (AvgIpc) is 2.97. The molecule has 9 nitrogen and oxygen atoms in total. The number of allylic oxidation sites excluding steroid dienone is 5. The molecule has 1 heterocycles. The minimum atomic E-state index is -0.602. The number of carboxylic acids is 1. The van der Waals surface area contributed by atoms with Crippen LogP contribution in [0, 0.1) is 5.92 Å². The Bertz CT molecular complexity index is 965. The molecule has 1 fully saturated rings. The SMILES string of the molecule is C=C(C)\C(=C/C=C(C)/C(NNC)=C(/CC)Nc1cncc(OC(C)C)n1)OC.CC.CC.O=C(O)C1CCCCC1. The van der Waals surface area contributed by atoms with Crippen molar-refractivity contribution in [1.82, 2.24) is 20.8 Å². The van der Waals surface area contributed by atoms with Crippen molar-refractivity contribution < 1.29 is 19.4 Å². The van der Waals surface area contributed by atoms with E-state index in [1.54, 1.807) is 19.5 Å². The Morgan fingerprint density at radius 3 is 2.17 bits per heavy atom. The molecular formula is C32H57N5O4. The topological polar surface area (TPSA) is 118 Å². The van der Waals surface area contributed by atoms with Gasteiger partial charge in [0.15, 0.2) is 5.82 Å². The first-order valence-corrected chi connectivity index (χ1v) is 14.9. The Morgan fingerprint density at radius 1 is 1.12 bits per heavy atom. The summed E-state index contributed by atoms with van der Waals surface area (Å²) in [5.74, 6) is 1.21. The normalized spacial score (nSPS) is 14.0. The van der Waals surface area contributed by atoms with Gasteiger partial charge in [0, 0.05) is 12.7 Å². The molecule has 1 aromatic rings. The predicted octanol–water partition coefficient (Wildman–Crippen LogP) is 7.78. The summed E-state index contributed by atoms with van der Waals surface area (Å²) in [5, 5.41) is 11.9. The molecule has 1 aliphatic rings. The lowest BCUT2D eigenvalue weighted by Gasteiger charge is -2.18. The maximum absolute atomic E-state index is 10.4. The molecule has 0 spiro atoms. The number of nitrogens with zero attached hydrogens (tertiary/aromatic N) is 2. The van der Waals surface area contributed by atoms with Gasteiger partial charge in [-0.3, -0.25) is 9.78 Å². The number of hydrogen-bond acceptors (Lipinski definition) is 8. The van der Waals surface area contributed by atoms with E-state index in [2.05, 4.69) is 39.6 Å². The number of aromatic nitrogens is 2. The quantitative estimate of drug-likeness (QED) is 0.113. The Morgan fingerprint density at radius 2 is 1.73 bits per heavy atom. The highest BCUT2D eigenvalue weighted by Crippen LogP contribution is 2.23. The van der Waals surface area contributed by atoms with Gasteiger partial charge < -0.3 is 25.3 Å². The third kappa shape index (κ3) is 17.2. The number of anilines is 1. The highest BCUT2D eigenvalue weighted by molar-refractivity contribution is 5.69. The highest BCUT2D eigenvalue weighted by Gasteiger charge is 2.19. The van der Waals surface area contributed by atoms with Gasteiger partial charge in [0.05, 0.1) is 37.2 Å². The summed E-state index contributed by atoms with van der Waals surface area (Å²) in [4.78, 5) is 19.0. The average molecular weight is 576 g/mol. The molecule has 1 aromatic heterocycles. The summed E-state index contributed by atoms with van der Waals surface area (Å²) >= 11 is 0. The third-order valence-electron chi connectivity index (χ3n) is 5.63. The minimum Gasteiger partial charge on any atom is -0.497 e. The smallest absolute Gasteiger partial charge is 0.306 e. The van der Waals surface area contributed by atoms with E-state index in [4.69, 9.17) is 14.6 Å². The van der Waals surface area contributed by atoms with Crippen LogP contribution in [0.1, 0.15) is 101 Å². The van der Waals surface area contributed by atoms with Gasteiger partial charge in [-0.2, -0.15) is 4.98 Å². The first-order chi connectivity index (χ1) is 19.6. The van der Waals surface area contributed by atoms with E-state index >= 15 is 0 Å². The van der Waals surface area contributed by atoms with Gasteiger partial charge in [-0.25, -0.2) is 5.43 Å². The van der Waals surface area contributed by atoms with E-state index in [1.807, 2.05) is 74.6 Å². The molecule has 41 heavy (non-hydrogen) atoms. The monoisotopic (exact) mass is 575 g/mol. The Hall–Kier alpha value is -3.33. The van der Waals surface area contributed by atoms with Crippen LogP contribution in [0.25, 0.3) is 0 Å². The summed E-state index contributed by atoms with van der Waals surface area (Å²) < 4.78 is 11.0.